The van der Waals surface area contributed by atoms with Crippen LogP contribution in [0.2, 0.25) is 0 Å². The summed E-state index contributed by atoms with van der Waals surface area (Å²) in [6.45, 7) is 2.46. The quantitative estimate of drug-likeness (QED) is 0.668. The van der Waals surface area contributed by atoms with Crippen LogP contribution in [0.3, 0.4) is 0 Å². The van der Waals surface area contributed by atoms with Gasteiger partial charge in [-0.05, 0) is 12.5 Å². The predicted octanol–water partition coefficient (Wildman–Crippen LogP) is 2.97. The number of nitro groups is 1. The Bertz CT molecular complexity index is 539. The van der Waals surface area contributed by atoms with Gasteiger partial charge in [0.2, 0.25) is 0 Å². The van der Waals surface area contributed by atoms with E-state index in [9.17, 15) is 10.1 Å². The van der Waals surface area contributed by atoms with Gasteiger partial charge in [0.15, 0.2) is 5.13 Å². The van der Waals surface area contributed by atoms with Gasteiger partial charge in [-0.15, -0.1) is 11.3 Å². The zero-order valence-corrected chi connectivity index (χ0v) is 10.0. The fourth-order valence-corrected chi connectivity index (χ4v) is 2.08. The molecule has 1 N–H and O–H groups in total. The van der Waals surface area contributed by atoms with Gasteiger partial charge < -0.3 is 5.32 Å². The monoisotopic (exact) mass is 249 g/mol. The van der Waals surface area contributed by atoms with Crippen molar-refractivity contribution in [3.8, 4) is 0 Å². The molecule has 0 unspecified atom stereocenters. The summed E-state index contributed by atoms with van der Waals surface area (Å²) in [5.74, 6) is 0. The molecule has 0 aliphatic heterocycles. The van der Waals surface area contributed by atoms with Crippen molar-refractivity contribution < 1.29 is 4.92 Å². The second-order valence-electron chi connectivity index (χ2n) is 3.57. The summed E-state index contributed by atoms with van der Waals surface area (Å²) < 4.78 is 0. The van der Waals surface area contributed by atoms with Gasteiger partial charge in [-0.1, -0.05) is 12.1 Å². The lowest BCUT2D eigenvalue weighted by Gasteiger charge is -2.02. The SMILES string of the molecule is Cc1csc(NCc2cccc([N+](=O)[O-])c2)n1. The zero-order chi connectivity index (χ0) is 12.3. The molecule has 0 amide bonds. The van der Waals surface area contributed by atoms with Crippen LogP contribution in [0.4, 0.5) is 10.8 Å². The molecule has 1 heterocycles. The van der Waals surface area contributed by atoms with E-state index in [0.717, 1.165) is 16.4 Å². The largest absolute Gasteiger partial charge is 0.357 e. The Morgan fingerprint density at radius 1 is 1.53 bits per heavy atom. The summed E-state index contributed by atoms with van der Waals surface area (Å²) >= 11 is 1.52. The van der Waals surface area contributed by atoms with Crippen molar-refractivity contribution in [2.24, 2.45) is 0 Å². The van der Waals surface area contributed by atoms with Gasteiger partial charge in [-0.25, -0.2) is 4.98 Å². The molecule has 0 aliphatic rings. The van der Waals surface area contributed by atoms with E-state index in [4.69, 9.17) is 0 Å². The third-order valence-corrected chi connectivity index (χ3v) is 3.10. The fraction of sp³-hybridized carbons (Fsp3) is 0.182. The maximum atomic E-state index is 10.6. The van der Waals surface area contributed by atoms with Gasteiger partial charge in [-0.2, -0.15) is 0 Å². The normalized spacial score (nSPS) is 10.2. The van der Waals surface area contributed by atoms with Crippen LogP contribution in [-0.4, -0.2) is 9.91 Å². The minimum absolute atomic E-state index is 0.111. The first kappa shape index (κ1) is 11.5. The zero-order valence-electron chi connectivity index (χ0n) is 9.21. The van der Waals surface area contributed by atoms with Gasteiger partial charge in [0.1, 0.15) is 0 Å². The van der Waals surface area contributed by atoms with Crippen molar-refractivity contribution >= 4 is 22.2 Å². The number of rotatable bonds is 4. The summed E-state index contributed by atoms with van der Waals surface area (Å²) in [7, 11) is 0. The highest BCUT2D eigenvalue weighted by atomic mass is 32.1. The Morgan fingerprint density at radius 2 is 2.35 bits per heavy atom. The molecule has 0 atom stereocenters. The standard InChI is InChI=1S/C11H11N3O2S/c1-8-7-17-11(13-8)12-6-9-3-2-4-10(5-9)14(15)16/h2-5,7H,6H2,1H3,(H,12,13). The Hall–Kier alpha value is -1.95. The van der Waals surface area contributed by atoms with E-state index in [2.05, 4.69) is 10.3 Å². The lowest BCUT2D eigenvalue weighted by Crippen LogP contribution is -1.99. The van der Waals surface area contributed by atoms with E-state index in [1.165, 1.54) is 17.4 Å². The van der Waals surface area contributed by atoms with Crippen molar-refractivity contribution in [2.45, 2.75) is 13.5 Å². The maximum absolute atomic E-state index is 10.6. The number of anilines is 1. The number of thiazole rings is 1. The van der Waals surface area contributed by atoms with Crippen LogP contribution in [0, 0.1) is 17.0 Å². The number of aromatic nitrogens is 1. The molecule has 2 aromatic rings. The number of aryl methyl sites for hydroxylation is 1. The van der Waals surface area contributed by atoms with E-state index >= 15 is 0 Å². The second kappa shape index (κ2) is 4.92. The number of benzene rings is 1. The highest BCUT2D eigenvalue weighted by Gasteiger charge is 2.05. The van der Waals surface area contributed by atoms with E-state index in [1.54, 1.807) is 12.1 Å². The molecule has 0 saturated carbocycles. The van der Waals surface area contributed by atoms with Crippen LogP contribution in [0.25, 0.3) is 0 Å². The molecule has 0 bridgehead atoms. The van der Waals surface area contributed by atoms with Crippen molar-refractivity contribution in [1.29, 1.82) is 0 Å². The maximum Gasteiger partial charge on any atom is 0.269 e. The van der Waals surface area contributed by atoms with Crippen LogP contribution >= 0.6 is 11.3 Å². The fourth-order valence-electron chi connectivity index (χ4n) is 1.39. The molecule has 0 radical (unpaired) electrons. The van der Waals surface area contributed by atoms with E-state index in [-0.39, 0.29) is 5.69 Å². The van der Waals surface area contributed by atoms with Crippen LogP contribution in [-0.2, 0) is 6.54 Å². The third-order valence-electron chi connectivity index (χ3n) is 2.18. The minimum atomic E-state index is -0.392. The molecule has 1 aromatic heterocycles. The molecule has 0 aliphatic carbocycles. The number of nitro benzene ring substituents is 1. The van der Waals surface area contributed by atoms with Gasteiger partial charge in [0.05, 0.1) is 10.6 Å². The summed E-state index contributed by atoms with van der Waals surface area (Å²) in [5, 5.41) is 16.5. The summed E-state index contributed by atoms with van der Waals surface area (Å²) in [6, 6.07) is 6.58. The van der Waals surface area contributed by atoms with Crippen molar-refractivity contribution in [3.05, 3.63) is 51.0 Å². The van der Waals surface area contributed by atoms with Crippen LogP contribution in [0.5, 0.6) is 0 Å². The lowest BCUT2D eigenvalue weighted by atomic mass is 10.2. The average molecular weight is 249 g/mol. The van der Waals surface area contributed by atoms with Gasteiger partial charge >= 0.3 is 0 Å². The van der Waals surface area contributed by atoms with Gasteiger partial charge in [0, 0.05) is 24.1 Å². The van der Waals surface area contributed by atoms with Crippen molar-refractivity contribution in [1.82, 2.24) is 4.98 Å². The lowest BCUT2D eigenvalue weighted by molar-refractivity contribution is -0.384. The molecule has 5 nitrogen and oxygen atoms in total. The van der Waals surface area contributed by atoms with Crippen LogP contribution < -0.4 is 5.32 Å². The Balaban J connectivity index is 2.04. The molecule has 17 heavy (non-hydrogen) atoms. The van der Waals surface area contributed by atoms with E-state index < -0.39 is 4.92 Å². The molecule has 0 saturated heterocycles. The summed E-state index contributed by atoms with van der Waals surface area (Å²) in [4.78, 5) is 14.5. The molecular formula is C11H11N3O2S. The predicted molar refractivity (Wildman–Crippen MR) is 67.3 cm³/mol. The summed E-state index contributed by atoms with van der Waals surface area (Å²) in [5.41, 5.74) is 1.95. The highest BCUT2D eigenvalue weighted by molar-refractivity contribution is 7.13. The molecule has 0 fully saturated rings. The minimum Gasteiger partial charge on any atom is -0.357 e. The first-order valence-electron chi connectivity index (χ1n) is 5.04. The highest BCUT2D eigenvalue weighted by Crippen LogP contribution is 2.17. The first-order valence-corrected chi connectivity index (χ1v) is 5.92. The van der Waals surface area contributed by atoms with Crippen LogP contribution in [0.15, 0.2) is 29.6 Å². The molecule has 88 valence electrons. The molecule has 0 spiro atoms. The van der Waals surface area contributed by atoms with Gasteiger partial charge in [-0.3, -0.25) is 10.1 Å². The van der Waals surface area contributed by atoms with E-state index in [0.29, 0.717) is 6.54 Å². The Labute approximate surface area is 102 Å². The third kappa shape index (κ3) is 3.01. The molecule has 2 rings (SSSR count). The number of nitrogens with one attached hydrogen (secondary N) is 1. The smallest absolute Gasteiger partial charge is 0.269 e. The van der Waals surface area contributed by atoms with E-state index in [1.807, 2.05) is 18.4 Å². The summed E-state index contributed by atoms with van der Waals surface area (Å²) in [6.07, 6.45) is 0. The van der Waals surface area contributed by atoms with Crippen molar-refractivity contribution in [2.75, 3.05) is 5.32 Å². The topological polar surface area (TPSA) is 68.1 Å². The number of nitrogens with zero attached hydrogens (tertiary/aromatic N) is 2. The number of hydrogen-bond donors (Lipinski definition) is 1. The second-order valence-corrected chi connectivity index (χ2v) is 4.43. The molecule has 6 heteroatoms. The van der Waals surface area contributed by atoms with Gasteiger partial charge in [0.25, 0.3) is 5.69 Å². The first-order chi connectivity index (χ1) is 8.15. The van der Waals surface area contributed by atoms with Crippen LogP contribution in [0.1, 0.15) is 11.3 Å². The molecular weight excluding hydrogens is 238 g/mol. The number of hydrogen-bond acceptors (Lipinski definition) is 5. The Kier molecular flexibility index (Phi) is 3.34. The number of non-ortho nitro benzene ring substituents is 1. The average Bonchev–Trinajstić information content (AvgIpc) is 2.73. The molecule has 1 aromatic carbocycles. The van der Waals surface area contributed by atoms with Crippen molar-refractivity contribution in [3.63, 3.8) is 0 Å². The Morgan fingerprint density at radius 3 is 3.00 bits per heavy atom.